The molecule has 0 unspecified atom stereocenters. The van der Waals surface area contributed by atoms with Crippen molar-refractivity contribution >= 4 is 17.6 Å². The lowest BCUT2D eigenvalue weighted by Crippen LogP contribution is -2.03. The number of hydrogen-bond donors (Lipinski definition) is 1. The van der Waals surface area contributed by atoms with Gasteiger partial charge in [-0.3, -0.25) is 0 Å². The predicted octanol–water partition coefficient (Wildman–Crippen LogP) is 2.53. The molecule has 0 amide bonds. The van der Waals surface area contributed by atoms with Crippen molar-refractivity contribution in [3.05, 3.63) is 46.7 Å². The third-order valence-electron chi connectivity index (χ3n) is 2.27. The van der Waals surface area contributed by atoms with E-state index in [2.05, 4.69) is 5.10 Å². The Bertz CT molecular complexity index is 535. The standard InChI is InChI=1S/C11H9ClN2O2/c1-7-5-9(12)8(11(15)16)6-10(7)14-4-2-3-13-14/h2-6H,1H3,(H,15,16). The van der Waals surface area contributed by atoms with Crippen LogP contribution in [-0.2, 0) is 0 Å². The Kier molecular flexibility index (Phi) is 2.66. The van der Waals surface area contributed by atoms with Crippen molar-refractivity contribution in [1.29, 1.82) is 0 Å². The monoisotopic (exact) mass is 236 g/mol. The van der Waals surface area contributed by atoms with Crippen LogP contribution in [-0.4, -0.2) is 20.9 Å². The molecule has 0 bridgehead atoms. The topological polar surface area (TPSA) is 55.1 Å². The Morgan fingerprint density at radius 3 is 2.81 bits per heavy atom. The number of hydrogen-bond acceptors (Lipinski definition) is 2. The number of nitrogens with zero attached hydrogens (tertiary/aromatic N) is 2. The summed E-state index contributed by atoms with van der Waals surface area (Å²) in [7, 11) is 0. The normalized spacial score (nSPS) is 10.4. The van der Waals surface area contributed by atoms with Crippen LogP contribution >= 0.6 is 11.6 Å². The Labute approximate surface area is 97.1 Å². The fourth-order valence-corrected chi connectivity index (χ4v) is 1.78. The number of rotatable bonds is 2. The molecule has 4 nitrogen and oxygen atoms in total. The molecule has 0 fully saturated rings. The van der Waals surface area contributed by atoms with Crippen molar-refractivity contribution in [3.8, 4) is 5.69 Å². The number of carboxylic acids is 1. The van der Waals surface area contributed by atoms with Gasteiger partial charge in [0.25, 0.3) is 0 Å². The first-order valence-corrected chi connectivity index (χ1v) is 5.01. The van der Waals surface area contributed by atoms with Crippen LogP contribution in [0, 0.1) is 6.92 Å². The van der Waals surface area contributed by atoms with Gasteiger partial charge >= 0.3 is 5.97 Å². The van der Waals surface area contributed by atoms with Crippen LogP contribution in [0.4, 0.5) is 0 Å². The largest absolute Gasteiger partial charge is 0.478 e. The number of aromatic carboxylic acids is 1. The molecule has 0 radical (unpaired) electrons. The highest BCUT2D eigenvalue weighted by Crippen LogP contribution is 2.23. The van der Waals surface area contributed by atoms with E-state index in [1.807, 2.05) is 6.92 Å². The molecule has 1 N–H and O–H groups in total. The van der Waals surface area contributed by atoms with E-state index in [-0.39, 0.29) is 10.6 Å². The zero-order valence-corrected chi connectivity index (χ0v) is 9.27. The highest BCUT2D eigenvalue weighted by Gasteiger charge is 2.12. The van der Waals surface area contributed by atoms with Gasteiger partial charge in [0, 0.05) is 12.4 Å². The lowest BCUT2D eigenvalue weighted by atomic mass is 10.1. The van der Waals surface area contributed by atoms with Gasteiger partial charge in [-0.25, -0.2) is 9.48 Å². The second-order valence-electron chi connectivity index (χ2n) is 3.37. The Morgan fingerprint density at radius 2 is 2.25 bits per heavy atom. The molecule has 0 aliphatic carbocycles. The van der Waals surface area contributed by atoms with Crippen molar-refractivity contribution in [2.75, 3.05) is 0 Å². The average Bonchev–Trinajstić information content (AvgIpc) is 2.70. The molecule has 0 saturated carbocycles. The second kappa shape index (κ2) is 3.98. The molecule has 1 heterocycles. The van der Waals surface area contributed by atoms with Crippen LogP contribution in [0.1, 0.15) is 15.9 Å². The van der Waals surface area contributed by atoms with Gasteiger partial charge < -0.3 is 5.11 Å². The van der Waals surface area contributed by atoms with E-state index in [1.54, 1.807) is 29.2 Å². The van der Waals surface area contributed by atoms with E-state index in [1.165, 1.54) is 6.07 Å². The van der Waals surface area contributed by atoms with E-state index in [9.17, 15) is 4.79 Å². The molecule has 0 atom stereocenters. The summed E-state index contributed by atoms with van der Waals surface area (Å²) in [4.78, 5) is 10.9. The third-order valence-corrected chi connectivity index (χ3v) is 2.58. The predicted molar refractivity (Wildman–Crippen MR) is 60.3 cm³/mol. The maximum atomic E-state index is 10.9. The van der Waals surface area contributed by atoms with Gasteiger partial charge in [-0.2, -0.15) is 5.10 Å². The molecule has 82 valence electrons. The molecular weight excluding hydrogens is 228 g/mol. The molecule has 0 spiro atoms. The zero-order chi connectivity index (χ0) is 11.7. The molecule has 0 aliphatic rings. The van der Waals surface area contributed by atoms with Crippen LogP contribution in [0.5, 0.6) is 0 Å². The smallest absolute Gasteiger partial charge is 0.337 e. The summed E-state index contributed by atoms with van der Waals surface area (Å²) in [5.41, 5.74) is 1.67. The fraction of sp³-hybridized carbons (Fsp3) is 0.0909. The van der Waals surface area contributed by atoms with E-state index in [0.29, 0.717) is 5.69 Å². The first-order valence-electron chi connectivity index (χ1n) is 4.63. The van der Waals surface area contributed by atoms with Gasteiger partial charge in [0.2, 0.25) is 0 Å². The molecule has 2 aromatic rings. The minimum atomic E-state index is -1.04. The van der Waals surface area contributed by atoms with Crippen molar-refractivity contribution in [1.82, 2.24) is 9.78 Å². The second-order valence-corrected chi connectivity index (χ2v) is 3.78. The summed E-state index contributed by atoms with van der Waals surface area (Å²) in [5, 5.41) is 13.3. The summed E-state index contributed by atoms with van der Waals surface area (Å²) in [5.74, 6) is -1.04. The van der Waals surface area contributed by atoms with Gasteiger partial charge in [-0.1, -0.05) is 11.6 Å². The van der Waals surface area contributed by atoms with Crippen LogP contribution in [0.15, 0.2) is 30.6 Å². The van der Waals surface area contributed by atoms with Gasteiger partial charge in [-0.15, -0.1) is 0 Å². The van der Waals surface area contributed by atoms with Crippen LogP contribution in [0.2, 0.25) is 5.02 Å². The Hall–Kier alpha value is -1.81. The number of carbonyl (C=O) groups is 1. The lowest BCUT2D eigenvalue weighted by Gasteiger charge is -2.08. The van der Waals surface area contributed by atoms with Gasteiger partial charge in [0.15, 0.2) is 0 Å². The van der Waals surface area contributed by atoms with E-state index < -0.39 is 5.97 Å². The summed E-state index contributed by atoms with van der Waals surface area (Å²) in [6.07, 6.45) is 3.39. The minimum Gasteiger partial charge on any atom is -0.478 e. The first-order chi connectivity index (χ1) is 7.59. The molecule has 0 aliphatic heterocycles. The van der Waals surface area contributed by atoms with Gasteiger partial charge in [0.1, 0.15) is 0 Å². The van der Waals surface area contributed by atoms with Crippen LogP contribution < -0.4 is 0 Å². The quantitative estimate of drug-likeness (QED) is 0.872. The average molecular weight is 237 g/mol. The number of aryl methyl sites for hydroxylation is 1. The van der Waals surface area contributed by atoms with Crippen LogP contribution in [0.3, 0.4) is 0 Å². The SMILES string of the molecule is Cc1cc(Cl)c(C(=O)O)cc1-n1cccn1. The van der Waals surface area contributed by atoms with Crippen LogP contribution in [0.25, 0.3) is 5.69 Å². The van der Waals surface area contributed by atoms with Crippen molar-refractivity contribution in [2.24, 2.45) is 0 Å². The molecule has 16 heavy (non-hydrogen) atoms. The molecule has 0 saturated heterocycles. The molecular formula is C11H9ClN2O2. The van der Waals surface area contributed by atoms with Crippen molar-refractivity contribution in [2.45, 2.75) is 6.92 Å². The number of carboxylic acid groups (broad SMARTS) is 1. The molecule has 1 aromatic heterocycles. The Morgan fingerprint density at radius 1 is 1.50 bits per heavy atom. The van der Waals surface area contributed by atoms with Crippen molar-refractivity contribution in [3.63, 3.8) is 0 Å². The summed E-state index contributed by atoms with van der Waals surface area (Å²) in [6.45, 7) is 1.86. The summed E-state index contributed by atoms with van der Waals surface area (Å²) >= 11 is 5.85. The number of aromatic nitrogens is 2. The summed E-state index contributed by atoms with van der Waals surface area (Å²) < 4.78 is 1.61. The molecule has 2 rings (SSSR count). The Balaban J connectivity index is 2.63. The van der Waals surface area contributed by atoms with Crippen molar-refractivity contribution < 1.29 is 9.90 Å². The fourth-order valence-electron chi connectivity index (χ4n) is 1.48. The maximum Gasteiger partial charge on any atom is 0.337 e. The zero-order valence-electron chi connectivity index (χ0n) is 8.51. The molecule has 5 heteroatoms. The summed E-state index contributed by atoms with van der Waals surface area (Å²) in [6, 6.07) is 4.92. The number of halogens is 1. The highest BCUT2D eigenvalue weighted by molar-refractivity contribution is 6.33. The van der Waals surface area contributed by atoms with E-state index in [4.69, 9.17) is 16.7 Å². The molecule has 1 aromatic carbocycles. The number of benzene rings is 1. The van der Waals surface area contributed by atoms with E-state index >= 15 is 0 Å². The first kappa shape index (κ1) is 10.7. The third kappa shape index (κ3) is 1.79. The maximum absolute atomic E-state index is 10.9. The lowest BCUT2D eigenvalue weighted by molar-refractivity contribution is 0.0697. The highest BCUT2D eigenvalue weighted by atomic mass is 35.5. The van der Waals surface area contributed by atoms with E-state index in [0.717, 1.165) is 5.56 Å². The van der Waals surface area contributed by atoms with Gasteiger partial charge in [-0.05, 0) is 30.7 Å². The minimum absolute atomic E-state index is 0.0813. The van der Waals surface area contributed by atoms with Gasteiger partial charge in [0.05, 0.1) is 16.3 Å².